The third-order valence-corrected chi connectivity index (χ3v) is 7.48. The lowest BCUT2D eigenvalue weighted by atomic mass is 9.98. The van der Waals surface area contributed by atoms with Crippen LogP contribution in [0.4, 0.5) is 10.1 Å². The molecule has 2 N–H and O–H groups in total. The maximum Gasteiger partial charge on any atom is 0.246 e. The maximum atomic E-state index is 13.2. The van der Waals surface area contributed by atoms with Gasteiger partial charge in [-0.2, -0.15) is 4.31 Å². The number of amides is 2. The van der Waals surface area contributed by atoms with E-state index in [9.17, 15) is 22.4 Å². The number of nitrogens with one attached hydrogen (secondary N) is 2. The van der Waals surface area contributed by atoms with E-state index < -0.39 is 39.6 Å². The number of sulfonamides is 1. The third-order valence-electron chi connectivity index (χ3n) is 5.60. The molecule has 0 aliphatic carbocycles. The summed E-state index contributed by atoms with van der Waals surface area (Å²) in [6.07, 6.45) is 0.994. The first-order chi connectivity index (χ1) is 15.7. The molecule has 1 saturated heterocycles. The standard InChI is InChI=1S/C22H24FN3O6S/c1-14(21(27)25-17-6-9-19-20(11-17)32-13-31-19)24-22(28)15-3-2-10-26(12-15)33(29,30)18-7-4-16(23)5-8-18/h4-9,11,14-15H,2-3,10,12-13H2,1H3,(H,24,28)(H,25,27)/t14-,15?/m0/s1. The first-order valence-electron chi connectivity index (χ1n) is 10.5. The van der Waals surface area contributed by atoms with Crippen molar-refractivity contribution in [2.75, 3.05) is 25.2 Å². The molecule has 1 unspecified atom stereocenters. The van der Waals surface area contributed by atoms with Crippen LogP contribution in [0.2, 0.25) is 0 Å². The molecule has 33 heavy (non-hydrogen) atoms. The van der Waals surface area contributed by atoms with Gasteiger partial charge in [-0.3, -0.25) is 9.59 Å². The first kappa shape index (κ1) is 23.0. The minimum Gasteiger partial charge on any atom is -0.454 e. The van der Waals surface area contributed by atoms with Crippen molar-refractivity contribution in [2.24, 2.45) is 5.92 Å². The second-order valence-corrected chi connectivity index (χ2v) is 9.88. The largest absolute Gasteiger partial charge is 0.454 e. The van der Waals surface area contributed by atoms with E-state index in [4.69, 9.17) is 9.47 Å². The number of hydrogen-bond donors (Lipinski definition) is 2. The highest BCUT2D eigenvalue weighted by Crippen LogP contribution is 2.34. The zero-order chi connectivity index (χ0) is 23.6. The Bertz CT molecular complexity index is 1160. The van der Waals surface area contributed by atoms with E-state index in [1.807, 2.05) is 0 Å². The van der Waals surface area contributed by atoms with Crippen molar-refractivity contribution in [1.82, 2.24) is 9.62 Å². The molecular formula is C22H24FN3O6S. The van der Waals surface area contributed by atoms with Gasteiger partial charge in [0.2, 0.25) is 28.6 Å². The molecule has 0 radical (unpaired) electrons. The third kappa shape index (κ3) is 5.09. The van der Waals surface area contributed by atoms with Crippen LogP contribution in [0.3, 0.4) is 0 Å². The number of hydrogen-bond acceptors (Lipinski definition) is 6. The number of piperidine rings is 1. The van der Waals surface area contributed by atoms with Crippen LogP contribution >= 0.6 is 0 Å². The molecule has 2 aliphatic rings. The predicted octanol–water partition coefficient (Wildman–Crippen LogP) is 2.10. The molecule has 1 fully saturated rings. The SMILES string of the molecule is C[C@H](NC(=O)C1CCCN(S(=O)(=O)c2ccc(F)cc2)C1)C(=O)Nc1ccc2c(c1)OCO2. The monoisotopic (exact) mass is 477 g/mol. The average Bonchev–Trinajstić information content (AvgIpc) is 3.27. The van der Waals surface area contributed by atoms with Gasteiger partial charge in [0.25, 0.3) is 0 Å². The topological polar surface area (TPSA) is 114 Å². The Morgan fingerprint density at radius 2 is 1.85 bits per heavy atom. The van der Waals surface area contributed by atoms with Crippen LogP contribution in [0.25, 0.3) is 0 Å². The molecule has 2 aromatic rings. The zero-order valence-electron chi connectivity index (χ0n) is 17.9. The van der Waals surface area contributed by atoms with E-state index in [2.05, 4.69) is 10.6 Å². The molecule has 2 amide bonds. The lowest BCUT2D eigenvalue weighted by Gasteiger charge is -2.31. The normalized spacial score (nSPS) is 19.0. The van der Waals surface area contributed by atoms with E-state index in [1.54, 1.807) is 25.1 Å². The van der Waals surface area contributed by atoms with Gasteiger partial charge in [-0.25, -0.2) is 12.8 Å². The summed E-state index contributed by atoms with van der Waals surface area (Å²) in [6.45, 7) is 1.93. The highest BCUT2D eigenvalue weighted by atomic mass is 32.2. The van der Waals surface area contributed by atoms with E-state index >= 15 is 0 Å². The summed E-state index contributed by atoms with van der Waals surface area (Å²) in [7, 11) is -3.85. The number of ether oxygens (including phenoxy) is 2. The minimum absolute atomic E-state index is 0.0119. The average molecular weight is 478 g/mol. The van der Waals surface area contributed by atoms with Crippen LogP contribution < -0.4 is 20.1 Å². The summed E-state index contributed by atoms with van der Waals surface area (Å²) in [5, 5.41) is 5.38. The molecular weight excluding hydrogens is 453 g/mol. The van der Waals surface area contributed by atoms with Gasteiger partial charge in [0.1, 0.15) is 11.9 Å². The highest BCUT2D eigenvalue weighted by Gasteiger charge is 2.34. The smallest absolute Gasteiger partial charge is 0.246 e. The predicted molar refractivity (Wildman–Crippen MR) is 117 cm³/mol. The Labute approximate surface area is 190 Å². The van der Waals surface area contributed by atoms with Gasteiger partial charge in [-0.15, -0.1) is 0 Å². The molecule has 0 spiro atoms. The van der Waals surface area contributed by atoms with Crippen LogP contribution in [-0.4, -0.2) is 50.5 Å². The quantitative estimate of drug-likeness (QED) is 0.659. The molecule has 4 rings (SSSR count). The van der Waals surface area contributed by atoms with Crippen LogP contribution in [0, 0.1) is 11.7 Å². The number of benzene rings is 2. The van der Waals surface area contributed by atoms with Crippen molar-refractivity contribution in [3.63, 3.8) is 0 Å². The number of carbonyl (C=O) groups is 2. The fourth-order valence-corrected chi connectivity index (χ4v) is 5.28. The van der Waals surface area contributed by atoms with E-state index in [0.717, 1.165) is 12.1 Å². The fraction of sp³-hybridized carbons (Fsp3) is 0.364. The Hall–Kier alpha value is -3.18. The Balaban J connectivity index is 1.35. The molecule has 0 bridgehead atoms. The number of nitrogens with zero attached hydrogens (tertiary/aromatic N) is 1. The van der Waals surface area contributed by atoms with Crippen LogP contribution in [0.1, 0.15) is 19.8 Å². The summed E-state index contributed by atoms with van der Waals surface area (Å²) in [5.74, 6) is -0.843. The van der Waals surface area contributed by atoms with E-state index in [0.29, 0.717) is 30.0 Å². The Kier molecular flexibility index (Phi) is 6.52. The van der Waals surface area contributed by atoms with Gasteiger partial charge < -0.3 is 20.1 Å². The van der Waals surface area contributed by atoms with Crippen LogP contribution in [-0.2, 0) is 19.6 Å². The number of halogens is 1. The lowest BCUT2D eigenvalue weighted by molar-refractivity contribution is -0.129. The molecule has 11 heteroatoms. The summed E-state index contributed by atoms with van der Waals surface area (Å²) in [6, 6.07) is 8.72. The van der Waals surface area contributed by atoms with Crippen molar-refractivity contribution in [1.29, 1.82) is 0 Å². The number of carbonyl (C=O) groups excluding carboxylic acids is 2. The molecule has 9 nitrogen and oxygen atoms in total. The number of fused-ring (bicyclic) bond motifs is 1. The summed E-state index contributed by atoms with van der Waals surface area (Å²) >= 11 is 0. The molecule has 0 aromatic heterocycles. The summed E-state index contributed by atoms with van der Waals surface area (Å²) in [4.78, 5) is 25.3. The van der Waals surface area contributed by atoms with Crippen molar-refractivity contribution in [3.8, 4) is 11.5 Å². The van der Waals surface area contributed by atoms with Crippen LogP contribution in [0.15, 0.2) is 47.4 Å². The van der Waals surface area contributed by atoms with Crippen molar-refractivity contribution < 1.29 is 31.9 Å². The number of rotatable bonds is 6. The highest BCUT2D eigenvalue weighted by molar-refractivity contribution is 7.89. The molecule has 2 heterocycles. The zero-order valence-corrected chi connectivity index (χ0v) is 18.7. The summed E-state index contributed by atoms with van der Waals surface area (Å²) < 4.78 is 50.6. The molecule has 0 saturated carbocycles. The number of anilines is 1. The van der Waals surface area contributed by atoms with Gasteiger partial charge in [-0.1, -0.05) is 0 Å². The van der Waals surface area contributed by atoms with E-state index in [-0.39, 0.29) is 24.8 Å². The van der Waals surface area contributed by atoms with Gasteiger partial charge in [0.05, 0.1) is 10.8 Å². The van der Waals surface area contributed by atoms with Gasteiger partial charge in [0.15, 0.2) is 11.5 Å². The molecule has 2 atom stereocenters. The van der Waals surface area contributed by atoms with Crippen molar-refractivity contribution >= 4 is 27.5 Å². The van der Waals surface area contributed by atoms with Crippen LogP contribution in [0.5, 0.6) is 11.5 Å². The lowest BCUT2D eigenvalue weighted by Crippen LogP contribution is -2.49. The first-order valence-corrected chi connectivity index (χ1v) is 11.9. The Morgan fingerprint density at radius 1 is 1.12 bits per heavy atom. The maximum absolute atomic E-state index is 13.2. The minimum atomic E-state index is -3.85. The van der Waals surface area contributed by atoms with Crippen molar-refractivity contribution in [2.45, 2.75) is 30.7 Å². The Morgan fingerprint density at radius 3 is 2.61 bits per heavy atom. The second kappa shape index (κ2) is 9.36. The van der Waals surface area contributed by atoms with Gasteiger partial charge in [-0.05, 0) is 56.2 Å². The summed E-state index contributed by atoms with van der Waals surface area (Å²) in [5.41, 5.74) is 0.500. The van der Waals surface area contributed by atoms with Gasteiger partial charge in [0, 0.05) is 24.8 Å². The molecule has 176 valence electrons. The molecule has 2 aliphatic heterocycles. The molecule has 2 aromatic carbocycles. The van der Waals surface area contributed by atoms with Crippen molar-refractivity contribution in [3.05, 3.63) is 48.3 Å². The van der Waals surface area contributed by atoms with Gasteiger partial charge >= 0.3 is 0 Å². The second-order valence-electron chi connectivity index (χ2n) is 7.94. The fourth-order valence-electron chi connectivity index (χ4n) is 3.75. The van der Waals surface area contributed by atoms with E-state index in [1.165, 1.54) is 16.4 Å².